The minimum atomic E-state index is -0.471. The Balaban J connectivity index is 1.20. The summed E-state index contributed by atoms with van der Waals surface area (Å²) < 4.78 is 0. The first-order valence-corrected chi connectivity index (χ1v) is 13.4. The number of anilines is 2. The quantitative estimate of drug-likeness (QED) is 0.199. The molecule has 1 aliphatic rings. The maximum atomic E-state index is 13.0. The van der Waals surface area contributed by atoms with Crippen LogP contribution in [0.5, 0.6) is 0 Å². The van der Waals surface area contributed by atoms with E-state index in [1.807, 2.05) is 60.7 Å². The zero-order valence-corrected chi connectivity index (χ0v) is 22.2. The van der Waals surface area contributed by atoms with Crippen LogP contribution < -0.4 is 16.4 Å². The fraction of sp³-hybridized carbons (Fsp3) is 0.194. The minimum absolute atomic E-state index is 0.222. The van der Waals surface area contributed by atoms with E-state index in [0.717, 1.165) is 59.3 Å². The molecule has 0 aliphatic carbocycles. The molecule has 1 fully saturated rings. The molecule has 0 unspecified atom stereocenters. The van der Waals surface area contributed by atoms with Crippen LogP contribution in [0.2, 0.25) is 0 Å². The van der Waals surface area contributed by atoms with Gasteiger partial charge in [-0.15, -0.1) is 0 Å². The lowest BCUT2D eigenvalue weighted by molar-refractivity contribution is 0.0997. The molecule has 2 aromatic heterocycles. The van der Waals surface area contributed by atoms with Crippen LogP contribution in [0.15, 0.2) is 78.9 Å². The molecule has 5 aromatic rings. The molecule has 2 amide bonds. The van der Waals surface area contributed by atoms with Crippen molar-refractivity contribution in [1.82, 2.24) is 20.1 Å². The number of H-pyrrole nitrogens is 2. The van der Waals surface area contributed by atoms with Gasteiger partial charge in [0.15, 0.2) is 0 Å². The van der Waals surface area contributed by atoms with Crippen LogP contribution in [0.25, 0.3) is 33.4 Å². The molecule has 1 saturated heterocycles. The predicted molar refractivity (Wildman–Crippen MR) is 158 cm³/mol. The number of nitrogens with one attached hydrogen (secondary N) is 4. The second-order valence-electron chi connectivity index (χ2n) is 10.3. The van der Waals surface area contributed by atoms with Gasteiger partial charge in [-0.3, -0.25) is 14.7 Å². The lowest BCUT2D eigenvalue weighted by atomic mass is 9.99. The number of amides is 2. The van der Waals surface area contributed by atoms with Gasteiger partial charge in [0.05, 0.1) is 5.69 Å². The van der Waals surface area contributed by atoms with E-state index in [4.69, 9.17) is 5.73 Å². The van der Waals surface area contributed by atoms with E-state index >= 15 is 0 Å². The molecule has 3 aromatic carbocycles. The third kappa shape index (κ3) is 5.19. The van der Waals surface area contributed by atoms with E-state index < -0.39 is 5.91 Å². The number of nitrogens with two attached hydrogens (primary N) is 1. The van der Waals surface area contributed by atoms with Crippen molar-refractivity contribution in [3.05, 3.63) is 90.0 Å². The first kappa shape index (κ1) is 25.4. The van der Waals surface area contributed by atoms with Crippen molar-refractivity contribution in [2.75, 3.05) is 30.8 Å². The smallest absolute Gasteiger partial charge is 0.256 e. The summed E-state index contributed by atoms with van der Waals surface area (Å²) in [4.78, 5) is 30.3. The number of rotatable bonds is 7. The number of likely N-dealkylation sites (tertiary alicyclic amines) is 1. The van der Waals surface area contributed by atoms with Crippen molar-refractivity contribution in [1.29, 1.82) is 0 Å². The number of hydrogen-bond donors (Lipinski definition) is 5. The number of carbonyl (C=O) groups is 2. The summed E-state index contributed by atoms with van der Waals surface area (Å²) in [7, 11) is 2.15. The summed E-state index contributed by atoms with van der Waals surface area (Å²) in [6, 6.07) is 25.0. The first-order valence-electron chi connectivity index (χ1n) is 13.4. The van der Waals surface area contributed by atoms with Gasteiger partial charge in [-0.05, 0) is 81.0 Å². The number of fused-ring (bicyclic) bond motifs is 1. The van der Waals surface area contributed by atoms with Crippen molar-refractivity contribution < 1.29 is 9.59 Å². The summed E-state index contributed by atoms with van der Waals surface area (Å²) in [5.41, 5.74) is 11.7. The monoisotopic (exact) mass is 533 g/mol. The second kappa shape index (κ2) is 10.7. The number of hydrogen-bond acceptors (Lipinski definition) is 5. The standard InChI is InChI=1S/C31H31N7O2/c1-38-16-14-23(15-17-38)33-22-12-10-21(11-13-22)31(40)35-27-18-26(36-37-27)29-28(24-4-2-3-5-25(24)34-29)19-6-8-20(9-7-19)30(32)39/h2-13,18,23,33-34H,14-17H2,1H3,(H2,32,39)(H2,35,36,37,40). The third-order valence-electron chi connectivity index (χ3n) is 7.48. The van der Waals surface area contributed by atoms with Gasteiger partial charge in [0, 0.05) is 45.4 Å². The lowest BCUT2D eigenvalue weighted by Gasteiger charge is -2.30. The van der Waals surface area contributed by atoms with E-state index in [0.29, 0.717) is 28.7 Å². The molecule has 0 radical (unpaired) electrons. The fourth-order valence-electron chi connectivity index (χ4n) is 5.25. The fourth-order valence-corrected chi connectivity index (χ4v) is 5.25. The van der Waals surface area contributed by atoms with Crippen LogP contribution in [0.4, 0.5) is 11.5 Å². The largest absolute Gasteiger partial charge is 0.382 e. The van der Waals surface area contributed by atoms with Gasteiger partial charge in [0.1, 0.15) is 11.5 Å². The number of aromatic amines is 2. The van der Waals surface area contributed by atoms with Crippen LogP contribution in [0.3, 0.4) is 0 Å². The number of piperidine rings is 1. The highest BCUT2D eigenvalue weighted by molar-refractivity contribution is 6.06. The Morgan fingerprint density at radius 2 is 1.65 bits per heavy atom. The normalized spacial score (nSPS) is 14.3. The van der Waals surface area contributed by atoms with Gasteiger partial charge >= 0.3 is 0 Å². The molecule has 6 rings (SSSR count). The highest BCUT2D eigenvalue weighted by Crippen LogP contribution is 2.38. The highest BCUT2D eigenvalue weighted by Gasteiger charge is 2.19. The molecule has 3 heterocycles. The molecule has 0 bridgehead atoms. The Morgan fingerprint density at radius 1 is 0.950 bits per heavy atom. The molecule has 202 valence electrons. The molecule has 0 spiro atoms. The maximum Gasteiger partial charge on any atom is 0.256 e. The zero-order valence-electron chi connectivity index (χ0n) is 22.2. The first-order chi connectivity index (χ1) is 19.4. The number of para-hydroxylation sites is 1. The van der Waals surface area contributed by atoms with E-state index in [-0.39, 0.29) is 5.91 Å². The number of benzene rings is 3. The predicted octanol–water partition coefficient (Wildman–Crippen LogP) is 5.08. The summed E-state index contributed by atoms with van der Waals surface area (Å²) in [6.07, 6.45) is 2.22. The van der Waals surface area contributed by atoms with Gasteiger partial charge in [-0.1, -0.05) is 30.3 Å². The molecule has 40 heavy (non-hydrogen) atoms. The number of nitrogens with zero attached hydrogens (tertiary/aromatic N) is 2. The van der Waals surface area contributed by atoms with Crippen LogP contribution in [0.1, 0.15) is 33.6 Å². The molecule has 6 N–H and O–H groups in total. The van der Waals surface area contributed by atoms with Crippen molar-refractivity contribution >= 4 is 34.2 Å². The summed E-state index contributed by atoms with van der Waals surface area (Å²) in [5, 5.41) is 14.9. The Bertz CT molecular complexity index is 1660. The van der Waals surface area contributed by atoms with E-state index in [1.54, 1.807) is 18.2 Å². The Hall–Kier alpha value is -4.89. The second-order valence-corrected chi connectivity index (χ2v) is 10.3. The van der Waals surface area contributed by atoms with E-state index in [2.05, 4.69) is 37.8 Å². The Labute approximate surface area is 231 Å². The molecular weight excluding hydrogens is 502 g/mol. The van der Waals surface area contributed by atoms with Crippen molar-refractivity contribution in [2.45, 2.75) is 18.9 Å². The molecule has 9 heteroatoms. The van der Waals surface area contributed by atoms with E-state index in [9.17, 15) is 9.59 Å². The Morgan fingerprint density at radius 3 is 2.38 bits per heavy atom. The van der Waals surface area contributed by atoms with Crippen LogP contribution in [-0.4, -0.2) is 58.1 Å². The van der Waals surface area contributed by atoms with Crippen LogP contribution in [-0.2, 0) is 0 Å². The van der Waals surface area contributed by atoms with Gasteiger partial charge in [0.2, 0.25) is 5.91 Å². The lowest BCUT2D eigenvalue weighted by Crippen LogP contribution is -2.36. The zero-order chi connectivity index (χ0) is 27.6. The average molecular weight is 534 g/mol. The number of primary amides is 1. The molecule has 9 nitrogen and oxygen atoms in total. The average Bonchev–Trinajstić information content (AvgIpc) is 3.59. The number of aromatic nitrogens is 3. The van der Waals surface area contributed by atoms with Crippen molar-refractivity contribution in [3.8, 4) is 22.5 Å². The van der Waals surface area contributed by atoms with Crippen molar-refractivity contribution in [3.63, 3.8) is 0 Å². The SMILES string of the molecule is CN1CCC(Nc2ccc(C(=O)Nc3cc(-c4[nH]c5ccccc5c4-c4ccc(C(N)=O)cc4)n[nH]3)cc2)CC1. The molecular formula is C31H31N7O2. The Kier molecular flexibility index (Phi) is 6.79. The third-order valence-corrected chi connectivity index (χ3v) is 7.48. The van der Waals surface area contributed by atoms with Crippen LogP contribution in [0, 0.1) is 0 Å². The number of carbonyl (C=O) groups excluding carboxylic acids is 2. The van der Waals surface area contributed by atoms with Gasteiger partial charge < -0.3 is 26.3 Å². The summed E-state index contributed by atoms with van der Waals surface area (Å²) >= 11 is 0. The van der Waals surface area contributed by atoms with Gasteiger partial charge in [-0.25, -0.2) is 0 Å². The summed E-state index contributed by atoms with van der Waals surface area (Å²) in [6.45, 7) is 2.18. The molecule has 1 aliphatic heterocycles. The van der Waals surface area contributed by atoms with Crippen molar-refractivity contribution in [2.24, 2.45) is 5.73 Å². The van der Waals surface area contributed by atoms with Gasteiger partial charge in [-0.2, -0.15) is 5.10 Å². The molecule has 0 saturated carbocycles. The highest BCUT2D eigenvalue weighted by atomic mass is 16.2. The molecule has 0 atom stereocenters. The topological polar surface area (TPSA) is 132 Å². The minimum Gasteiger partial charge on any atom is -0.382 e. The van der Waals surface area contributed by atoms with E-state index in [1.165, 1.54) is 0 Å². The summed E-state index contributed by atoms with van der Waals surface area (Å²) in [5.74, 6) is -0.205. The maximum absolute atomic E-state index is 13.0. The van der Waals surface area contributed by atoms with Gasteiger partial charge in [0.25, 0.3) is 5.91 Å². The van der Waals surface area contributed by atoms with Crippen LogP contribution >= 0.6 is 0 Å².